The van der Waals surface area contributed by atoms with E-state index in [0.717, 1.165) is 0 Å². The molecule has 1 unspecified atom stereocenters. The van der Waals surface area contributed by atoms with Crippen LogP contribution in [0.15, 0.2) is 23.1 Å². The predicted octanol–water partition coefficient (Wildman–Crippen LogP) is 1.68. The van der Waals surface area contributed by atoms with Gasteiger partial charge in [-0.05, 0) is 45.0 Å². The second-order valence-corrected chi connectivity index (χ2v) is 7.45. The highest BCUT2D eigenvalue weighted by Gasteiger charge is 2.29. The van der Waals surface area contributed by atoms with Crippen LogP contribution in [0.3, 0.4) is 0 Å². The number of likely N-dealkylation sites (N-methyl/N-ethyl adjacent to an activating group) is 1. The Morgan fingerprint density at radius 1 is 1.50 bits per heavy atom. The maximum absolute atomic E-state index is 12.2. The maximum atomic E-state index is 12.2. The molecule has 0 bridgehead atoms. The monoisotopic (exact) mass is 317 g/mol. The Balaban J connectivity index is 2.05. The zero-order valence-corrected chi connectivity index (χ0v) is 13.2. The number of nitrogen functional groups attached to an aromatic ring is 1. The van der Waals surface area contributed by atoms with Crippen LogP contribution in [0.1, 0.15) is 19.8 Å². The maximum Gasteiger partial charge on any atom is 0.242 e. The van der Waals surface area contributed by atoms with Crippen LogP contribution in [-0.4, -0.2) is 39.0 Å². The zero-order chi connectivity index (χ0) is 14.9. The Morgan fingerprint density at radius 3 is 2.75 bits per heavy atom. The van der Waals surface area contributed by atoms with Gasteiger partial charge in [0.25, 0.3) is 0 Å². The molecule has 1 atom stereocenters. The van der Waals surface area contributed by atoms with Crippen molar-refractivity contribution in [3.8, 4) is 0 Å². The molecule has 1 aliphatic carbocycles. The average Bonchev–Trinajstić information content (AvgIpc) is 3.22. The fourth-order valence-corrected chi connectivity index (χ4v) is 3.55. The molecular weight excluding hydrogens is 298 g/mol. The van der Waals surface area contributed by atoms with Gasteiger partial charge in [0.1, 0.15) is 4.90 Å². The summed E-state index contributed by atoms with van der Waals surface area (Å²) < 4.78 is 27.1. The summed E-state index contributed by atoms with van der Waals surface area (Å²) in [5, 5.41) is 0.350. The van der Waals surface area contributed by atoms with Gasteiger partial charge < -0.3 is 5.73 Å². The first-order valence-electron chi connectivity index (χ1n) is 6.58. The van der Waals surface area contributed by atoms with Gasteiger partial charge in [0, 0.05) is 23.7 Å². The van der Waals surface area contributed by atoms with Gasteiger partial charge >= 0.3 is 0 Å². The van der Waals surface area contributed by atoms with E-state index in [1.807, 2.05) is 14.0 Å². The number of nitrogens with two attached hydrogens (primary N) is 1. The van der Waals surface area contributed by atoms with Gasteiger partial charge in [0.15, 0.2) is 0 Å². The van der Waals surface area contributed by atoms with Crippen molar-refractivity contribution in [3.63, 3.8) is 0 Å². The van der Waals surface area contributed by atoms with Crippen molar-refractivity contribution in [2.75, 3.05) is 19.3 Å². The second kappa shape index (κ2) is 5.89. The standard InChI is InChI=1S/C13H20ClN3O2S/c1-9(17(2)11-4-5-11)8-16-20(18,19)13-7-10(14)3-6-12(13)15/h3,6-7,9,11,16H,4-5,8,15H2,1-2H3. The van der Waals surface area contributed by atoms with E-state index in [-0.39, 0.29) is 16.6 Å². The van der Waals surface area contributed by atoms with E-state index in [4.69, 9.17) is 17.3 Å². The molecule has 0 aliphatic heterocycles. The summed E-state index contributed by atoms with van der Waals surface area (Å²) in [7, 11) is -1.62. The van der Waals surface area contributed by atoms with Gasteiger partial charge in [0.2, 0.25) is 10.0 Å². The van der Waals surface area contributed by atoms with E-state index in [9.17, 15) is 8.42 Å². The van der Waals surface area contributed by atoms with Gasteiger partial charge in [-0.3, -0.25) is 4.90 Å². The van der Waals surface area contributed by atoms with E-state index in [0.29, 0.717) is 17.6 Å². The quantitative estimate of drug-likeness (QED) is 0.783. The number of rotatable bonds is 6. The Labute approximate surface area is 125 Å². The first kappa shape index (κ1) is 15.6. The molecule has 0 saturated heterocycles. The summed E-state index contributed by atoms with van der Waals surface area (Å²) in [6.45, 7) is 2.35. The lowest BCUT2D eigenvalue weighted by Crippen LogP contribution is -2.41. The summed E-state index contributed by atoms with van der Waals surface area (Å²) in [4.78, 5) is 2.23. The fourth-order valence-electron chi connectivity index (χ4n) is 2.03. The van der Waals surface area contributed by atoms with E-state index in [2.05, 4.69) is 9.62 Å². The Hall–Kier alpha value is -0.820. The minimum Gasteiger partial charge on any atom is -0.398 e. The number of nitrogens with one attached hydrogen (secondary N) is 1. The molecule has 20 heavy (non-hydrogen) atoms. The number of halogens is 1. The van der Waals surface area contributed by atoms with Crippen LogP contribution in [0, 0.1) is 0 Å². The molecule has 1 aromatic rings. The van der Waals surface area contributed by atoms with Crippen molar-refractivity contribution in [2.24, 2.45) is 0 Å². The molecule has 0 spiro atoms. The van der Waals surface area contributed by atoms with E-state index >= 15 is 0 Å². The smallest absolute Gasteiger partial charge is 0.242 e. The Morgan fingerprint density at radius 2 is 2.15 bits per heavy atom. The SMILES string of the molecule is CC(CNS(=O)(=O)c1cc(Cl)ccc1N)N(C)C1CC1. The minimum atomic E-state index is -3.63. The van der Waals surface area contributed by atoms with Gasteiger partial charge in [-0.1, -0.05) is 11.6 Å². The third-order valence-corrected chi connectivity index (χ3v) is 5.37. The van der Waals surface area contributed by atoms with Crippen LogP contribution >= 0.6 is 11.6 Å². The number of benzene rings is 1. The lowest BCUT2D eigenvalue weighted by atomic mass is 10.3. The molecule has 1 aliphatic rings. The molecule has 2 rings (SSSR count). The van der Waals surface area contributed by atoms with Crippen molar-refractivity contribution in [2.45, 2.75) is 36.7 Å². The molecule has 1 aromatic carbocycles. The van der Waals surface area contributed by atoms with Crippen molar-refractivity contribution >= 4 is 27.3 Å². The number of nitrogens with zero attached hydrogens (tertiary/aromatic N) is 1. The van der Waals surface area contributed by atoms with E-state index in [1.165, 1.54) is 25.0 Å². The van der Waals surface area contributed by atoms with E-state index in [1.54, 1.807) is 6.07 Å². The summed E-state index contributed by atoms with van der Waals surface area (Å²) in [6, 6.07) is 5.16. The summed E-state index contributed by atoms with van der Waals surface area (Å²) in [5.41, 5.74) is 5.91. The van der Waals surface area contributed by atoms with Gasteiger partial charge in [-0.2, -0.15) is 0 Å². The first-order chi connectivity index (χ1) is 9.31. The Bertz CT molecular complexity index is 587. The normalized spacial score (nSPS) is 17.4. The number of hydrogen-bond donors (Lipinski definition) is 2. The topological polar surface area (TPSA) is 75.4 Å². The molecule has 5 nitrogen and oxygen atoms in total. The number of anilines is 1. The number of sulfonamides is 1. The van der Waals surface area contributed by atoms with Crippen LogP contribution in [0.4, 0.5) is 5.69 Å². The third-order valence-electron chi connectivity index (χ3n) is 3.65. The van der Waals surface area contributed by atoms with E-state index < -0.39 is 10.0 Å². The van der Waals surface area contributed by atoms with Crippen LogP contribution < -0.4 is 10.5 Å². The van der Waals surface area contributed by atoms with Crippen LogP contribution in [0.5, 0.6) is 0 Å². The minimum absolute atomic E-state index is 0.0336. The van der Waals surface area contributed by atoms with Crippen molar-refractivity contribution in [1.82, 2.24) is 9.62 Å². The van der Waals surface area contributed by atoms with Crippen LogP contribution in [0.25, 0.3) is 0 Å². The largest absolute Gasteiger partial charge is 0.398 e. The predicted molar refractivity (Wildman–Crippen MR) is 81.3 cm³/mol. The third kappa shape index (κ3) is 3.63. The molecule has 0 amide bonds. The highest BCUT2D eigenvalue weighted by atomic mass is 35.5. The summed E-state index contributed by atoms with van der Waals surface area (Å²) in [6.07, 6.45) is 2.38. The van der Waals surface area contributed by atoms with Gasteiger partial charge in [-0.15, -0.1) is 0 Å². The lowest BCUT2D eigenvalue weighted by molar-refractivity contribution is 0.248. The van der Waals surface area contributed by atoms with Gasteiger partial charge in [-0.25, -0.2) is 13.1 Å². The average molecular weight is 318 g/mol. The highest BCUT2D eigenvalue weighted by Crippen LogP contribution is 2.27. The summed E-state index contributed by atoms with van der Waals surface area (Å²) in [5.74, 6) is 0. The fraction of sp³-hybridized carbons (Fsp3) is 0.538. The zero-order valence-electron chi connectivity index (χ0n) is 11.6. The number of hydrogen-bond acceptors (Lipinski definition) is 4. The van der Waals surface area contributed by atoms with Gasteiger partial charge in [0.05, 0.1) is 5.69 Å². The van der Waals surface area contributed by atoms with Crippen molar-refractivity contribution in [3.05, 3.63) is 23.2 Å². The second-order valence-electron chi connectivity index (χ2n) is 5.28. The molecular formula is C13H20ClN3O2S. The van der Waals surface area contributed by atoms with Crippen molar-refractivity contribution in [1.29, 1.82) is 0 Å². The first-order valence-corrected chi connectivity index (χ1v) is 8.44. The Kier molecular flexibility index (Phi) is 4.59. The molecule has 1 fully saturated rings. The highest BCUT2D eigenvalue weighted by molar-refractivity contribution is 7.89. The summed E-state index contributed by atoms with van der Waals surface area (Å²) >= 11 is 5.83. The molecule has 1 saturated carbocycles. The van der Waals surface area contributed by atoms with Crippen LogP contribution in [-0.2, 0) is 10.0 Å². The molecule has 7 heteroatoms. The molecule has 3 N–H and O–H groups in total. The molecule has 112 valence electrons. The molecule has 0 aromatic heterocycles. The van der Waals surface area contributed by atoms with Crippen molar-refractivity contribution < 1.29 is 8.42 Å². The molecule has 0 heterocycles. The van der Waals surface area contributed by atoms with Crippen LogP contribution in [0.2, 0.25) is 5.02 Å². The lowest BCUT2D eigenvalue weighted by Gasteiger charge is -2.24. The molecule has 0 radical (unpaired) electrons.